The maximum absolute atomic E-state index is 12.0. The van der Waals surface area contributed by atoms with Crippen LogP contribution in [0, 0.1) is 12.3 Å². The Hall–Kier alpha value is -1.96. The second kappa shape index (κ2) is 5.39. The number of terminal acetylenes is 1. The highest BCUT2D eigenvalue weighted by atomic mass is 16.2. The Labute approximate surface area is 101 Å². The Bertz CT molecular complexity index is 456. The minimum absolute atomic E-state index is 0.0770. The van der Waals surface area contributed by atoms with Crippen LogP contribution in [0.5, 0.6) is 0 Å². The molecular formula is C12H18N4O. The zero-order valence-electron chi connectivity index (χ0n) is 10.4. The number of amides is 1. The molecule has 3 N–H and O–H groups in total. The van der Waals surface area contributed by atoms with Gasteiger partial charge in [-0.3, -0.25) is 9.48 Å². The van der Waals surface area contributed by atoms with Crippen LogP contribution in [0.25, 0.3) is 0 Å². The normalized spacial score (nSPS) is 11.9. The Morgan fingerprint density at radius 1 is 1.71 bits per heavy atom. The lowest BCUT2D eigenvalue weighted by molar-refractivity contribution is 0.0932. The first kappa shape index (κ1) is 13.1. The molecule has 5 heteroatoms. The lowest BCUT2D eigenvalue weighted by Crippen LogP contribution is -2.33. The van der Waals surface area contributed by atoms with Gasteiger partial charge in [-0.1, -0.05) is 6.92 Å². The van der Waals surface area contributed by atoms with Crippen LogP contribution in [0.15, 0.2) is 0 Å². The molecule has 1 atom stereocenters. The van der Waals surface area contributed by atoms with Gasteiger partial charge in [-0.15, -0.1) is 12.3 Å². The molecule has 1 aromatic rings. The summed E-state index contributed by atoms with van der Waals surface area (Å²) in [6, 6.07) is -0.0770. The molecule has 0 saturated carbocycles. The third-order valence-electron chi connectivity index (χ3n) is 2.51. The summed E-state index contributed by atoms with van der Waals surface area (Å²) in [6.45, 7) is 3.80. The minimum Gasteiger partial charge on any atom is -0.395 e. The Balaban J connectivity index is 2.90. The smallest absolute Gasteiger partial charge is 0.271 e. The summed E-state index contributed by atoms with van der Waals surface area (Å²) in [4.78, 5) is 12.0. The van der Waals surface area contributed by atoms with Gasteiger partial charge < -0.3 is 11.1 Å². The van der Waals surface area contributed by atoms with Gasteiger partial charge >= 0.3 is 0 Å². The van der Waals surface area contributed by atoms with E-state index in [0.29, 0.717) is 24.2 Å². The summed E-state index contributed by atoms with van der Waals surface area (Å²) in [7, 11) is 1.70. The van der Waals surface area contributed by atoms with Crippen LogP contribution in [0.2, 0.25) is 0 Å². The number of aryl methyl sites for hydroxylation is 2. The lowest BCUT2D eigenvalue weighted by Gasteiger charge is -2.11. The van der Waals surface area contributed by atoms with E-state index < -0.39 is 0 Å². The van der Waals surface area contributed by atoms with Crippen molar-refractivity contribution in [3.63, 3.8) is 0 Å². The van der Waals surface area contributed by atoms with Gasteiger partial charge in [-0.2, -0.15) is 5.10 Å². The number of nitrogens with one attached hydrogen (secondary N) is 1. The maximum atomic E-state index is 12.0. The molecule has 0 aliphatic rings. The van der Waals surface area contributed by atoms with E-state index in [1.54, 1.807) is 7.05 Å². The van der Waals surface area contributed by atoms with Gasteiger partial charge in [0, 0.05) is 19.5 Å². The molecule has 0 radical (unpaired) electrons. The fourth-order valence-corrected chi connectivity index (χ4v) is 1.65. The Morgan fingerprint density at radius 2 is 2.35 bits per heavy atom. The average Bonchev–Trinajstić information content (AvgIpc) is 2.53. The molecule has 17 heavy (non-hydrogen) atoms. The van der Waals surface area contributed by atoms with Crippen molar-refractivity contribution in [2.45, 2.75) is 32.7 Å². The zero-order valence-corrected chi connectivity index (χ0v) is 10.4. The van der Waals surface area contributed by atoms with Crippen LogP contribution >= 0.6 is 0 Å². The van der Waals surface area contributed by atoms with Crippen LogP contribution < -0.4 is 11.1 Å². The lowest BCUT2D eigenvalue weighted by atomic mass is 10.2. The molecule has 0 bridgehead atoms. The van der Waals surface area contributed by atoms with E-state index >= 15 is 0 Å². The van der Waals surface area contributed by atoms with Gasteiger partial charge in [0.25, 0.3) is 5.91 Å². The summed E-state index contributed by atoms with van der Waals surface area (Å²) in [5.41, 5.74) is 7.46. The molecule has 0 spiro atoms. The Morgan fingerprint density at radius 3 is 2.82 bits per heavy atom. The van der Waals surface area contributed by atoms with E-state index in [-0.39, 0.29) is 11.9 Å². The van der Waals surface area contributed by atoms with Gasteiger partial charge in [0.05, 0.1) is 11.4 Å². The number of hydrogen-bond donors (Lipinski definition) is 2. The van der Waals surface area contributed by atoms with Crippen molar-refractivity contribution in [1.82, 2.24) is 15.1 Å². The SMILES string of the molecule is C#CCC(C)NC(=O)c1c(N)c(CC)nn1C. The predicted octanol–water partition coefficient (Wildman–Crippen LogP) is 0.706. The van der Waals surface area contributed by atoms with Crippen molar-refractivity contribution in [3.8, 4) is 12.3 Å². The fourth-order valence-electron chi connectivity index (χ4n) is 1.65. The quantitative estimate of drug-likeness (QED) is 0.753. The number of anilines is 1. The molecule has 0 aliphatic heterocycles. The predicted molar refractivity (Wildman–Crippen MR) is 67.4 cm³/mol. The molecule has 0 saturated heterocycles. The van der Waals surface area contributed by atoms with Crippen molar-refractivity contribution in [3.05, 3.63) is 11.4 Å². The molecule has 1 heterocycles. The molecule has 1 unspecified atom stereocenters. The number of rotatable bonds is 4. The fraction of sp³-hybridized carbons (Fsp3) is 0.500. The molecule has 0 aliphatic carbocycles. The molecular weight excluding hydrogens is 216 g/mol. The van der Waals surface area contributed by atoms with E-state index in [0.717, 1.165) is 5.69 Å². The van der Waals surface area contributed by atoms with Crippen molar-refractivity contribution in [1.29, 1.82) is 0 Å². The largest absolute Gasteiger partial charge is 0.395 e. The van der Waals surface area contributed by atoms with Crippen LogP contribution in [-0.2, 0) is 13.5 Å². The topological polar surface area (TPSA) is 72.9 Å². The first-order chi connectivity index (χ1) is 8.01. The molecule has 1 rings (SSSR count). The van der Waals surface area contributed by atoms with E-state index in [1.165, 1.54) is 4.68 Å². The van der Waals surface area contributed by atoms with Crippen LogP contribution in [0.4, 0.5) is 5.69 Å². The van der Waals surface area contributed by atoms with Crippen molar-refractivity contribution in [2.75, 3.05) is 5.73 Å². The highest BCUT2D eigenvalue weighted by Crippen LogP contribution is 2.16. The molecule has 1 amide bonds. The first-order valence-electron chi connectivity index (χ1n) is 5.56. The van der Waals surface area contributed by atoms with Gasteiger partial charge in [0.15, 0.2) is 0 Å². The molecule has 92 valence electrons. The van der Waals surface area contributed by atoms with Crippen molar-refractivity contribution < 1.29 is 4.79 Å². The van der Waals surface area contributed by atoms with E-state index in [4.69, 9.17) is 12.2 Å². The van der Waals surface area contributed by atoms with Crippen molar-refractivity contribution in [2.24, 2.45) is 7.05 Å². The van der Waals surface area contributed by atoms with Crippen LogP contribution in [0.3, 0.4) is 0 Å². The summed E-state index contributed by atoms with van der Waals surface area (Å²) < 4.78 is 1.51. The molecule has 0 fully saturated rings. The number of carbonyl (C=O) groups is 1. The molecule has 1 aromatic heterocycles. The van der Waals surface area contributed by atoms with Crippen LogP contribution in [0.1, 0.15) is 36.5 Å². The van der Waals surface area contributed by atoms with E-state index in [9.17, 15) is 4.79 Å². The average molecular weight is 234 g/mol. The number of nitrogens with two attached hydrogens (primary N) is 1. The maximum Gasteiger partial charge on any atom is 0.271 e. The third kappa shape index (κ3) is 2.78. The monoisotopic (exact) mass is 234 g/mol. The number of nitrogen functional groups attached to an aromatic ring is 1. The standard InChI is InChI=1S/C12H18N4O/c1-5-7-8(3)14-12(17)11-10(13)9(6-2)15-16(11)4/h1,8H,6-7,13H2,2-4H3,(H,14,17). The second-order valence-electron chi connectivity index (χ2n) is 3.97. The summed E-state index contributed by atoms with van der Waals surface area (Å²) >= 11 is 0. The second-order valence-corrected chi connectivity index (χ2v) is 3.97. The van der Waals surface area contributed by atoms with E-state index in [2.05, 4.69) is 16.3 Å². The highest BCUT2D eigenvalue weighted by Gasteiger charge is 2.19. The summed E-state index contributed by atoms with van der Waals surface area (Å²) in [5.74, 6) is 2.27. The number of hydrogen-bond acceptors (Lipinski definition) is 3. The van der Waals surface area contributed by atoms with Gasteiger partial charge in [-0.25, -0.2) is 0 Å². The van der Waals surface area contributed by atoms with Crippen LogP contribution in [-0.4, -0.2) is 21.7 Å². The zero-order chi connectivity index (χ0) is 13.0. The van der Waals surface area contributed by atoms with Gasteiger partial charge in [0.1, 0.15) is 5.69 Å². The number of carbonyl (C=O) groups excluding carboxylic acids is 1. The van der Waals surface area contributed by atoms with Gasteiger partial charge in [0.2, 0.25) is 0 Å². The molecule has 5 nitrogen and oxygen atoms in total. The van der Waals surface area contributed by atoms with E-state index in [1.807, 2.05) is 13.8 Å². The third-order valence-corrected chi connectivity index (χ3v) is 2.51. The van der Waals surface area contributed by atoms with Crippen molar-refractivity contribution >= 4 is 11.6 Å². The Kier molecular flexibility index (Phi) is 4.16. The number of nitrogens with zero attached hydrogens (tertiary/aromatic N) is 2. The summed E-state index contributed by atoms with van der Waals surface area (Å²) in [5, 5.41) is 6.99. The molecule has 0 aromatic carbocycles. The number of aromatic nitrogens is 2. The summed E-state index contributed by atoms with van der Waals surface area (Å²) in [6.07, 6.45) is 6.38. The van der Waals surface area contributed by atoms with Gasteiger partial charge in [-0.05, 0) is 13.3 Å². The first-order valence-corrected chi connectivity index (χ1v) is 5.56. The highest BCUT2D eigenvalue weighted by molar-refractivity contribution is 5.98. The minimum atomic E-state index is -0.236.